The maximum atomic E-state index is 14.4. The van der Waals surface area contributed by atoms with Crippen molar-refractivity contribution < 1.29 is 17.6 Å². The summed E-state index contributed by atoms with van der Waals surface area (Å²) in [5.74, 6) is -1.91. The highest BCUT2D eigenvalue weighted by Crippen LogP contribution is 2.40. The van der Waals surface area contributed by atoms with Crippen LogP contribution in [0.15, 0.2) is 12.1 Å². The molecule has 0 heterocycles. The van der Waals surface area contributed by atoms with E-state index in [1.54, 1.807) is 13.0 Å². The minimum atomic E-state index is -0.752. The largest absolute Gasteiger partial charge is 0.207 e. The molecule has 2 atom stereocenters. The normalized spacial score (nSPS) is 22.1. The van der Waals surface area contributed by atoms with Crippen LogP contribution in [0.5, 0.6) is 0 Å². The molecule has 0 nitrogen and oxygen atoms in total. The van der Waals surface area contributed by atoms with Gasteiger partial charge in [0.1, 0.15) is 11.6 Å². The average molecular weight is 362 g/mol. The number of hydrogen-bond acceptors (Lipinski definition) is 0. The Labute approximate surface area is 151 Å². The van der Waals surface area contributed by atoms with Gasteiger partial charge in [-0.25, -0.2) is 17.6 Å². The molecule has 0 radical (unpaired) electrons. The van der Waals surface area contributed by atoms with Crippen LogP contribution in [0.1, 0.15) is 46.2 Å². The first-order valence-corrected chi connectivity index (χ1v) is 9.29. The highest BCUT2D eigenvalue weighted by Gasteiger charge is 2.33. The summed E-state index contributed by atoms with van der Waals surface area (Å²) in [6, 6.07) is 3.22. The summed E-state index contributed by atoms with van der Waals surface area (Å²) in [7, 11) is 0. The van der Waals surface area contributed by atoms with Crippen LogP contribution in [0.25, 0.3) is 0 Å². The van der Waals surface area contributed by atoms with Gasteiger partial charge in [-0.2, -0.15) is 0 Å². The third kappa shape index (κ3) is 2.74. The fourth-order valence-electron chi connectivity index (χ4n) is 4.80. The predicted octanol–water partition coefficient (Wildman–Crippen LogP) is 5.77. The summed E-state index contributed by atoms with van der Waals surface area (Å²) < 4.78 is 56.6. The average Bonchev–Trinajstić information content (AvgIpc) is 2.64. The smallest absolute Gasteiger partial charge is 0.162 e. The van der Waals surface area contributed by atoms with Crippen molar-refractivity contribution in [3.63, 3.8) is 0 Å². The lowest BCUT2D eigenvalue weighted by Gasteiger charge is -2.35. The molecule has 0 aliphatic heterocycles. The molecule has 2 aromatic carbocycles. The minimum absolute atomic E-state index is 0.0849. The van der Waals surface area contributed by atoms with E-state index in [0.717, 1.165) is 30.4 Å². The van der Waals surface area contributed by atoms with Crippen LogP contribution in [-0.4, -0.2) is 0 Å². The number of rotatable bonds is 1. The van der Waals surface area contributed by atoms with E-state index in [4.69, 9.17) is 0 Å². The molecule has 2 aliphatic rings. The van der Waals surface area contributed by atoms with Crippen LogP contribution in [0.3, 0.4) is 0 Å². The first-order valence-electron chi connectivity index (χ1n) is 9.29. The molecule has 4 heteroatoms. The third-order valence-electron chi connectivity index (χ3n) is 6.39. The van der Waals surface area contributed by atoms with Crippen LogP contribution in [0, 0.1) is 49.0 Å². The van der Waals surface area contributed by atoms with E-state index in [1.807, 2.05) is 0 Å². The molecule has 0 bridgehead atoms. The molecule has 0 fully saturated rings. The van der Waals surface area contributed by atoms with Gasteiger partial charge in [0.05, 0.1) is 0 Å². The number of benzene rings is 2. The van der Waals surface area contributed by atoms with Crippen molar-refractivity contribution in [3.8, 4) is 0 Å². The Morgan fingerprint density at radius 3 is 2.19 bits per heavy atom. The zero-order chi connectivity index (χ0) is 18.6. The molecule has 0 saturated carbocycles. The Morgan fingerprint density at radius 1 is 0.731 bits per heavy atom. The van der Waals surface area contributed by atoms with Crippen molar-refractivity contribution in [2.75, 3.05) is 0 Å². The fraction of sp³-hybridized carbons (Fsp3) is 0.455. The quantitative estimate of drug-likeness (QED) is 0.565. The second-order valence-electron chi connectivity index (χ2n) is 7.90. The van der Waals surface area contributed by atoms with Gasteiger partial charge in [-0.05, 0) is 98.1 Å². The molecule has 0 spiro atoms. The Balaban J connectivity index is 1.60. The third-order valence-corrected chi connectivity index (χ3v) is 6.39. The summed E-state index contributed by atoms with van der Waals surface area (Å²) in [5.41, 5.74) is 3.21. The lowest BCUT2D eigenvalue weighted by atomic mass is 9.70. The van der Waals surface area contributed by atoms with E-state index in [0.29, 0.717) is 36.0 Å². The van der Waals surface area contributed by atoms with Gasteiger partial charge in [0, 0.05) is 5.56 Å². The van der Waals surface area contributed by atoms with Crippen molar-refractivity contribution >= 4 is 0 Å². The van der Waals surface area contributed by atoms with Crippen LogP contribution < -0.4 is 0 Å². The topological polar surface area (TPSA) is 0 Å². The molecule has 138 valence electrons. The summed E-state index contributed by atoms with van der Waals surface area (Å²) in [6.45, 7) is 3.06. The van der Waals surface area contributed by atoms with Gasteiger partial charge in [0.15, 0.2) is 11.6 Å². The SMILES string of the molecule is Cc1cc2c(c(F)c1F)CC(C1CCc3c(cc(F)c(C)c3F)C1)CC2. The molecule has 2 aliphatic carbocycles. The van der Waals surface area contributed by atoms with E-state index in [9.17, 15) is 17.6 Å². The maximum Gasteiger partial charge on any atom is 0.162 e. The molecule has 0 amide bonds. The van der Waals surface area contributed by atoms with Crippen molar-refractivity contribution in [2.24, 2.45) is 11.8 Å². The number of halogens is 4. The number of aryl methyl sites for hydroxylation is 2. The van der Waals surface area contributed by atoms with Crippen molar-refractivity contribution in [3.05, 3.63) is 68.8 Å². The first kappa shape index (κ1) is 17.6. The van der Waals surface area contributed by atoms with Gasteiger partial charge in [-0.1, -0.05) is 6.07 Å². The van der Waals surface area contributed by atoms with Crippen LogP contribution in [0.2, 0.25) is 0 Å². The highest BCUT2D eigenvalue weighted by molar-refractivity contribution is 5.38. The van der Waals surface area contributed by atoms with Crippen LogP contribution in [-0.2, 0) is 25.7 Å². The number of fused-ring (bicyclic) bond motifs is 2. The lowest BCUT2D eigenvalue weighted by molar-refractivity contribution is 0.264. The van der Waals surface area contributed by atoms with Gasteiger partial charge in [-0.3, -0.25) is 0 Å². The highest BCUT2D eigenvalue weighted by atomic mass is 19.2. The van der Waals surface area contributed by atoms with Gasteiger partial charge in [-0.15, -0.1) is 0 Å². The molecule has 0 N–H and O–H groups in total. The van der Waals surface area contributed by atoms with Crippen molar-refractivity contribution in [1.82, 2.24) is 0 Å². The Kier molecular flexibility index (Phi) is 4.32. The summed E-state index contributed by atoms with van der Waals surface area (Å²) >= 11 is 0. The maximum absolute atomic E-state index is 14.4. The van der Waals surface area contributed by atoms with Gasteiger partial charge in [0.2, 0.25) is 0 Å². The zero-order valence-electron chi connectivity index (χ0n) is 15.1. The van der Waals surface area contributed by atoms with E-state index in [2.05, 4.69) is 0 Å². The van der Waals surface area contributed by atoms with Gasteiger partial charge >= 0.3 is 0 Å². The Bertz CT molecular complexity index is 885. The molecule has 0 saturated heterocycles. The molecule has 26 heavy (non-hydrogen) atoms. The van der Waals surface area contributed by atoms with E-state index >= 15 is 0 Å². The van der Waals surface area contributed by atoms with Crippen molar-refractivity contribution in [2.45, 2.75) is 52.4 Å². The zero-order valence-corrected chi connectivity index (χ0v) is 15.1. The Hall–Kier alpha value is -1.84. The Morgan fingerprint density at radius 2 is 1.42 bits per heavy atom. The predicted molar refractivity (Wildman–Crippen MR) is 93.2 cm³/mol. The van der Waals surface area contributed by atoms with E-state index < -0.39 is 23.3 Å². The minimum Gasteiger partial charge on any atom is -0.207 e. The molecule has 2 unspecified atom stereocenters. The summed E-state index contributed by atoms with van der Waals surface area (Å²) in [6.07, 6.45) is 4.16. The van der Waals surface area contributed by atoms with Crippen molar-refractivity contribution in [1.29, 1.82) is 0 Å². The first-order chi connectivity index (χ1) is 12.4. The number of hydrogen-bond donors (Lipinski definition) is 0. The molecule has 0 aromatic heterocycles. The van der Waals surface area contributed by atoms with E-state index in [-0.39, 0.29) is 17.4 Å². The van der Waals surface area contributed by atoms with E-state index in [1.165, 1.54) is 13.0 Å². The van der Waals surface area contributed by atoms with Crippen LogP contribution >= 0.6 is 0 Å². The van der Waals surface area contributed by atoms with Gasteiger partial charge < -0.3 is 0 Å². The summed E-state index contributed by atoms with van der Waals surface area (Å²) in [4.78, 5) is 0. The standard InChI is InChI=1S/C22H22F4/c1-11-7-15-4-3-14(9-18(15)22(26)20(11)24)13-5-6-17-16(8-13)10-19(23)12(2)21(17)25/h7,10,13-14H,3-6,8-9H2,1-2H3. The second-order valence-corrected chi connectivity index (χ2v) is 7.90. The second kappa shape index (κ2) is 6.40. The molecule has 4 rings (SSSR count). The fourth-order valence-corrected chi connectivity index (χ4v) is 4.80. The molecule has 2 aromatic rings. The monoisotopic (exact) mass is 362 g/mol. The molecular weight excluding hydrogens is 340 g/mol. The lowest BCUT2D eigenvalue weighted by Crippen LogP contribution is -2.29. The van der Waals surface area contributed by atoms with Crippen LogP contribution in [0.4, 0.5) is 17.6 Å². The summed E-state index contributed by atoms with van der Waals surface area (Å²) in [5, 5.41) is 0. The van der Waals surface area contributed by atoms with Gasteiger partial charge in [0.25, 0.3) is 0 Å². The molecular formula is C22H22F4.